The molecule has 2 aliphatic carbocycles. The third kappa shape index (κ3) is 2.46. The average Bonchev–Trinajstić information content (AvgIpc) is 3.22. The molecule has 3 rings (SSSR count). The van der Waals surface area contributed by atoms with Crippen LogP contribution in [-0.2, 0) is 0 Å². The van der Waals surface area contributed by atoms with Crippen LogP contribution < -0.4 is 10.6 Å². The summed E-state index contributed by atoms with van der Waals surface area (Å²) in [6.07, 6.45) is 5.59. The Morgan fingerprint density at radius 3 is 2.45 bits per heavy atom. The van der Waals surface area contributed by atoms with Crippen molar-refractivity contribution in [2.24, 2.45) is 0 Å². The van der Waals surface area contributed by atoms with E-state index in [1.165, 1.54) is 19.3 Å². The topological polar surface area (TPSA) is 70.1 Å². The van der Waals surface area contributed by atoms with E-state index in [1.54, 1.807) is 0 Å². The molecule has 0 amide bonds. The summed E-state index contributed by atoms with van der Waals surface area (Å²) >= 11 is 0. The van der Waals surface area contributed by atoms with Gasteiger partial charge in [-0.1, -0.05) is 0 Å². The second-order valence-corrected chi connectivity index (χ2v) is 6.13. The van der Waals surface area contributed by atoms with Crippen LogP contribution in [-0.4, -0.2) is 33.8 Å². The quantitative estimate of drug-likeness (QED) is 0.744. The normalized spacial score (nSPS) is 20.4. The molecule has 0 unspecified atom stereocenters. The lowest BCUT2D eigenvalue weighted by atomic mass is 9.77. The van der Waals surface area contributed by atoms with Gasteiger partial charge in [-0.05, 0) is 46.0 Å². The molecule has 0 aromatic carbocycles. The number of nitrogens with one attached hydrogen (secondary N) is 2. The molecule has 20 heavy (non-hydrogen) atoms. The van der Waals surface area contributed by atoms with Crippen LogP contribution in [0.3, 0.4) is 0 Å². The predicted octanol–water partition coefficient (Wildman–Crippen LogP) is 2.42. The largest absolute Gasteiger partial charge is 0.394 e. The maximum atomic E-state index is 9.63. The Morgan fingerprint density at radius 2 is 1.95 bits per heavy atom. The Morgan fingerprint density at radius 1 is 1.25 bits per heavy atom. The molecule has 0 spiro atoms. The second kappa shape index (κ2) is 5.20. The number of aliphatic hydroxyl groups is 1. The smallest absolute Gasteiger partial charge is 0.136 e. The van der Waals surface area contributed by atoms with Gasteiger partial charge in [-0.3, -0.25) is 0 Å². The van der Waals surface area contributed by atoms with E-state index in [0.717, 1.165) is 42.4 Å². The standard InChI is InChI=1S/C15H24N4O/c1-3-16-12-10(2)13(18-14(17-12)11-5-6-11)19-15(9-20)7-4-8-15/h11,20H,3-9H2,1-2H3,(H2,16,17,18,19). The van der Waals surface area contributed by atoms with Crippen LogP contribution in [0.2, 0.25) is 0 Å². The van der Waals surface area contributed by atoms with Crippen LogP contribution in [0.25, 0.3) is 0 Å². The summed E-state index contributed by atoms with van der Waals surface area (Å²) in [6, 6.07) is 0. The summed E-state index contributed by atoms with van der Waals surface area (Å²) in [5.74, 6) is 3.30. The number of anilines is 2. The van der Waals surface area contributed by atoms with E-state index in [-0.39, 0.29) is 12.1 Å². The van der Waals surface area contributed by atoms with Crippen LogP contribution in [0.4, 0.5) is 11.6 Å². The number of aliphatic hydroxyl groups excluding tert-OH is 1. The van der Waals surface area contributed by atoms with Gasteiger partial charge in [0.25, 0.3) is 0 Å². The van der Waals surface area contributed by atoms with Gasteiger partial charge in [0.1, 0.15) is 17.5 Å². The lowest BCUT2D eigenvalue weighted by Crippen LogP contribution is -2.48. The van der Waals surface area contributed by atoms with E-state index in [4.69, 9.17) is 4.98 Å². The zero-order valence-corrected chi connectivity index (χ0v) is 12.4. The number of nitrogens with zero attached hydrogens (tertiary/aromatic N) is 2. The summed E-state index contributed by atoms with van der Waals surface area (Å²) in [4.78, 5) is 9.38. The van der Waals surface area contributed by atoms with Crippen LogP contribution in [0.5, 0.6) is 0 Å². The first-order chi connectivity index (χ1) is 9.67. The van der Waals surface area contributed by atoms with Gasteiger partial charge in [-0.15, -0.1) is 0 Å². The van der Waals surface area contributed by atoms with Crippen LogP contribution in [0.15, 0.2) is 0 Å². The lowest BCUT2D eigenvalue weighted by molar-refractivity contribution is 0.143. The van der Waals surface area contributed by atoms with E-state index in [2.05, 4.69) is 22.5 Å². The Kier molecular flexibility index (Phi) is 3.54. The van der Waals surface area contributed by atoms with Crippen molar-refractivity contribution < 1.29 is 5.11 Å². The van der Waals surface area contributed by atoms with E-state index in [1.807, 2.05) is 6.92 Å². The van der Waals surface area contributed by atoms with Crippen molar-refractivity contribution >= 4 is 11.6 Å². The zero-order valence-electron chi connectivity index (χ0n) is 12.4. The van der Waals surface area contributed by atoms with Crippen molar-refractivity contribution in [1.82, 2.24) is 9.97 Å². The lowest BCUT2D eigenvalue weighted by Gasteiger charge is -2.41. The Labute approximate surface area is 120 Å². The molecule has 1 heterocycles. The maximum Gasteiger partial charge on any atom is 0.136 e. The van der Waals surface area contributed by atoms with E-state index in [9.17, 15) is 5.11 Å². The first-order valence-electron chi connectivity index (χ1n) is 7.69. The number of rotatable bonds is 6. The van der Waals surface area contributed by atoms with Crippen LogP contribution in [0, 0.1) is 6.92 Å². The van der Waals surface area contributed by atoms with Gasteiger partial charge in [0.2, 0.25) is 0 Å². The fourth-order valence-electron chi connectivity index (χ4n) is 2.70. The van der Waals surface area contributed by atoms with Crippen molar-refractivity contribution in [1.29, 1.82) is 0 Å². The first-order valence-corrected chi connectivity index (χ1v) is 7.69. The van der Waals surface area contributed by atoms with E-state index < -0.39 is 0 Å². The average molecular weight is 276 g/mol. The molecule has 3 N–H and O–H groups in total. The van der Waals surface area contributed by atoms with Crippen LogP contribution in [0.1, 0.15) is 56.3 Å². The van der Waals surface area contributed by atoms with Gasteiger partial charge in [-0.2, -0.15) is 0 Å². The molecule has 0 atom stereocenters. The third-order valence-electron chi connectivity index (χ3n) is 4.45. The van der Waals surface area contributed by atoms with Crippen molar-refractivity contribution in [2.75, 3.05) is 23.8 Å². The number of aromatic nitrogens is 2. The van der Waals surface area contributed by atoms with Gasteiger partial charge >= 0.3 is 0 Å². The molecule has 0 radical (unpaired) electrons. The van der Waals surface area contributed by atoms with Gasteiger partial charge in [0, 0.05) is 18.0 Å². The second-order valence-electron chi connectivity index (χ2n) is 6.13. The molecule has 1 aromatic rings. The minimum absolute atomic E-state index is 0.163. The minimum Gasteiger partial charge on any atom is -0.394 e. The summed E-state index contributed by atoms with van der Waals surface area (Å²) < 4.78 is 0. The van der Waals surface area contributed by atoms with Crippen molar-refractivity contribution in [2.45, 2.75) is 57.4 Å². The molecular formula is C15H24N4O. The SMILES string of the molecule is CCNc1nc(C2CC2)nc(NC2(CO)CCC2)c1C. The minimum atomic E-state index is -0.163. The molecule has 5 nitrogen and oxygen atoms in total. The fraction of sp³-hybridized carbons (Fsp3) is 0.733. The molecule has 2 aliphatic rings. The zero-order chi connectivity index (χ0) is 14.2. The molecule has 110 valence electrons. The molecule has 1 aromatic heterocycles. The molecule has 0 saturated heterocycles. The van der Waals surface area contributed by atoms with Crippen molar-refractivity contribution in [3.8, 4) is 0 Å². The number of hydrogen-bond acceptors (Lipinski definition) is 5. The highest BCUT2D eigenvalue weighted by atomic mass is 16.3. The Bertz CT molecular complexity index is 489. The summed E-state index contributed by atoms with van der Waals surface area (Å²) in [5.41, 5.74) is 0.889. The van der Waals surface area contributed by atoms with Crippen molar-refractivity contribution in [3.05, 3.63) is 11.4 Å². The maximum absolute atomic E-state index is 9.63. The highest BCUT2D eigenvalue weighted by Crippen LogP contribution is 2.41. The van der Waals surface area contributed by atoms with Gasteiger partial charge < -0.3 is 15.7 Å². The summed E-state index contributed by atoms with van der Waals surface area (Å²) in [5, 5.41) is 16.4. The van der Waals surface area contributed by atoms with Crippen molar-refractivity contribution in [3.63, 3.8) is 0 Å². The summed E-state index contributed by atoms with van der Waals surface area (Å²) in [6.45, 7) is 5.14. The van der Waals surface area contributed by atoms with Gasteiger partial charge in [-0.25, -0.2) is 9.97 Å². The molecule has 5 heteroatoms. The van der Waals surface area contributed by atoms with E-state index >= 15 is 0 Å². The number of hydrogen-bond donors (Lipinski definition) is 3. The van der Waals surface area contributed by atoms with E-state index in [0.29, 0.717) is 5.92 Å². The van der Waals surface area contributed by atoms with Gasteiger partial charge in [0.05, 0.1) is 12.1 Å². The highest BCUT2D eigenvalue weighted by Gasteiger charge is 2.37. The first kappa shape index (κ1) is 13.6. The third-order valence-corrected chi connectivity index (χ3v) is 4.45. The molecule has 2 saturated carbocycles. The molecule has 0 aliphatic heterocycles. The summed E-state index contributed by atoms with van der Waals surface area (Å²) in [7, 11) is 0. The molecule has 2 fully saturated rings. The van der Waals surface area contributed by atoms with Gasteiger partial charge in [0.15, 0.2) is 0 Å². The highest BCUT2D eigenvalue weighted by molar-refractivity contribution is 5.59. The monoisotopic (exact) mass is 276 g/mol. The Hall–Kier alpha value is -1.36. The Balaban J connectivity index is 1.91. The molecule has 0 bridgehead atoms. The molecular weight excluding hydrogens is 252 g/mol. The van der Waals surface area contributed by atoms with Crippen LogP contribution >= 0.6 is 0 Å². The fourth-order valence-corrected chi connectivity index (χ4v) is 2.70. The predicted molar refractivity (Wildman–Crippen MR) is 80.2 cm³/mol.